The first kappa shape index (κ1) is 27.8. The van der Waals surface area contributed by atoms with E-state index in [1.54, 1.807) is 0 Å². The lowest BCUT2D eigenvalue weighted by molar-refractivity contribution is -0.151. The molecule has 3 rings (SSSR count). The fraction of sp³-hybridized carbons (Fsp3) is 0.531. The van der Waals surface area contributed by atoms with Crippen LogP contribution in [-0.4, -0.2) is 37.0 Å². The van der Waals surface area contributed by atoms with E-state index in [9.17, 15) is 9.90 Å². The third-order valence-electron chi connectivity index (χ3n) is 7.49. The minimum Gasteiger partial charge on any atom is -0.469 e. The molecule has 192 valence electrons. The van der Waals surface area contributed by atoms with Gasteiger partial charge in [-0.05, 0) is 50.2 Å². The third kappa shape index (κ3) is 6.70. The Balaban J connectivity index is 1.94. The smallest absolute Gasteiger partial charge is 0.309 e. The van der Waals surface area contributed by atoms with Gasteiger partial charge in [0.25, 0.3) is 0 Å². The molecule has 0 aromatic heterocycles. The van der Waals surface area contributed by atoms with E-state index in [1.165, 1.54) is 7.11 Å². The van der Waals surface area contributed by atoms with Crippen molar-refractivity contribution in [3.8, 4) is 23.7 Å². The Labute approximate surface area is 217 Å². The predicted molar refractivity (Wildman–Crippen MR) is 144 cm³/mol. The number of carbonyl (C=O) groups excluding carboxylic acids is 1. The molecule has 0 spiro atoms. The highest BCUT2D eigenvalue weighted by Crippen LogP contribution is 2.57. The second-order valence-electron chi connectivity index (χ2n) is 9.97. The van der Waals surface area contributed by atoms with Crippen LogP contribution >= 0.6 is 0 Å². The van der Waals surface area contributed by atoms with Crippen LogP contribution < -0.4 is 0 Å². The molecule has 1 aromatic carbocycles. The molecule has 7 atom stereocenters. The molecule has 4 nitrogen and oxygen atoms in total. The molecule has 2 aliphatic rings. The van der Waals surface area contributed by atoms with Gasteiger partial charge in [0, 0.05) is 24.3 Å². The number of ether oxygens (including phenoxy) is 2. The van der Waals surface area contributed by atoms with Gasteiger partial charge in [-0.2, -0.15) is 0 Å². The number of methoxy groups -OCH3 is 1. The lowest BCUT2D eigenvalue weighted by Crippen LogP contribution is -2.43. The van der Waals surface area contributed by atoms with Gasteiger partial charge in [0.2, 0.25) is 0 Å². The summed E-state index contributed by atoms with van der Waals surface area (Å²) in [7, 11) is 1.46. The van der Waals surface area contributed by atoms with Crippen LogP contribution in [0.1, 0.15) is 58.4 Å². The number of esters is 1. The lowest BCUT2D eigenvalue weighted by atomic mass is 9.67. The first-order valence-electron chi connectivity index (χ1n) is 13.2. The molecule has 1 N–H and O–H groups in total. The van der Waals surface area contributed by atoms with Gasteiger partial charge in [-0.1, -0.05) is 68.2 Å². The van der Waals surface area contributed by atoms with Crippen molar-refractivity contribution in [3.05, 3.63) is 60.2 Å². The van der Waals surface area contributed by atoms with Crippen molar-refractivity contribution in [1.29, 1.82) is 0 Å². The maximum absolute atomic E-state index is 13.1. The molecule has 1 heterocycles. The molecule has 2 fully saturated rings. The van der Waals surface area contributed by atoms with E-state index < -0.39 is 11.5 Å². The molecule has 1 aromatic rings. The number of allylic oxidation sites excluding steroid dienone is 2. The zero-order valence-electron chi connectivity index (χ0n) is 22.1. The molecule has 1 aliphatic carbocycles. The molecular weight excluding hydrogens is 448 g/mol. The molecule has 1 saturated heterocycles. The summed E-state index contributed by atoms with van der Waals surface area (Å²) in [6, 6.07) is 9.94. The molecule has 0 amide bonds. The van der Waals surface area contributed by atoms with E-state index in [0.29, 0.717) is 19.4 Å². The minimum absolute atomic E-state index is 0.0242. The second-order valence-corrected chi connectivity index (χ2v) is 9.97. The Bertz CT molecular complexity index is 1030. The second kappa shape index (κ2) is 13.5. The zero-order chi connectivity index (χ0) is 26.0. The Morgan fingerprint density at radius 1 is 1.31 bits per heavy atom. The lowest BCUT2D eigenvalue weighted by Gasteiger charge is -2.39. The van der Waals surface area contributed by atoms with Crippen molar-refractivity contribution in [2.45, 2.75) is 65.1 Å². The van der Waals surface area contributed by atoms with Crippen LogP contribution in [0.5, 0.6) is 0 Å². The number of aliphatic hydroxyl groups excluding tert-OH is 1. The highest BCUT2D eigenvalue weighted by Gasteiger charge is 2.61. The van der Waals surface area contributed by atoms with Gasteiger partial charge in [-0.3, -0.25) is 4.79 Å². The van der Waals surface area contributed by atoms with Gasteiger partial charge in [-0.15, -0.1) is 11.8 Å². The first-order valence-corrected chi connectivity index (χ1v) is 13.2. The van der Waals surface area contributed by atoms with Crippen molar-refractivity contribution in [1.82, 2.24) is 0 Å². The normalized spacial score (nSPS) is 27.2. The van der Waals surface area contributed by atoms with E-state index >= 15 is 0 Å². The number of aliphatic hydroxyl groups is 1. The summed E-state index contributed by atoms with van der Waals surface area (Å²) < 4.78 is 11.5. The summed E-state index contributed by atoms with van der Waals surface area (Å²) in [5, 5.41) is 10.8. The Morgan fingerprint density at radius 2 is 2.08 bits per heavy atom. The summed E-state index contributed by atoms with van der Waals surface area (Å²) in [5.74, 6) is 12.6. The van der Waals surface area contributed by atoms with Crippen LogP contribution in [0.3, 0.4) is 0 Å². The van der Waals surface area contributed by atoms with Crippen molar-refractivity contribution in [3.63, 3.8) is 0 Å². The van der Waals surface area contributed by atoms with Crippen molar-refractivity contribution >= 4 is 5.97 Å². The number of carbonyl (C=O) groups is 1. The SMILES string of the molecule is CC=CCCC(C(=O)OC)C1C(C=CC(O)C(C)CC#CCC)C2CC1(C#Cc1ccccc1)CO2. The van der Waals surface area contributed by atoms with E-state index in [-0.39, 0.29) is 35.7 Å². The van der Waals surface area contributed by atoms with Crippen molar-refractivity contribution in [2.24, 2.45) is 29.1 Å². The van der Waals surface area contributed by atoms with Gasteiger partial charge < -0.3 is 14.6 Å². The fourth-order valence-electron chi connectivity index (χ4n) is 5.55. The molecule has 0 radical (unpaired) electrons. The Hall–Kier alpha value is -2.79. The van der Waals surface area contributed by atoms with E-state index in [0.717, 1.165) is 24.8 Å². The third-order valence-corrected chi connectivity index (χ3v) is 7.49. The molecular formula is C32H40O4. The van der Waals surface area contributed by atoms with Crippen LogP contribution in [0.2, 0.25) is 0 Å². The van der Waals surface area contributed by atoms with Gasteiger partial charge >= 0.3 is 5.97 Å². The molecule has 36 heavy (non-hydrogen) atoms. The zero-order valence-corrected chi connectivity index (χ0v) is 22.1. The summed E-state index contributed by atoms with van der Waals surface area (Å²) in [5.41, 5.74) is 0.516. The highest BCUT2D eigenvalue weighted by atomic mass is 16.5. The fourth-order valence-corrected chi connectivity index (χ4v) is 5.55. The summed E-state index contributed by atoms with van der Waals surface area (Å²) in [6.07, 6.45) is 11.1. The molecule has 1 aliphatic heterocycles. The Morgan fingerprint density at radius 3 is 2.78 bits per heavy atom. The van der Waals surface area contributed by atoms with Crippen LogP contribution in [0.4, 0.5) is 0 Å². The summed E-state index contributed by atoms with van der Waals surface area (Å²) >= 11 is 0. The number of benzene rings is 1. The average Bonchev–Trinajstić information content (AvgIpc) is 3.46. The van der Waals surface area contributed by atoms with Gasteiger partial charge in [-0.25, -0.2) is 0 Å². The van der Waals surface area contributed by atoms with Crippen molar-refractivity contribution < 1.29 is 19.4 Å². The van der Waals surface area contributed by atoms with Crippen LogP contribution in [-0.2, 0) is 14.3 Å². The molecule has 4 heteroatoms. The molecule has 2 bridgehead atoms. The number of fused-ring (bicyclic) bond motifs is 2. The first-order chi connectivity index (χ1) is 17.5. The van der Waals surface area contributed by atoms with E-state index in [1.807, 2.05) is 63.3 Å². The van der Waals surface area contributed by atoms with Crippen LogP contribution in [0.25, 0.3) is 0 Å². The molecule has 7 unspecified atom stereocenters. The average molecular weight is 489 g/mol. The maximum Gasteiger partial charge on any atom is 0.309 e. The summed E-state index contributed by atoms with van der Waals surface area (Å²) in [6.45, 7) is 6.53. The van der Waals surface area contributed by atoms with Crippen LogP contribution in [0.15, 0.2) is 54.6 Å². The highest BCUT2D eigenvalue weighted by molar-refractivity contribution is 5.73. The predicted octanol–water partition coefficient (Wildman–Crippen LogP) is 5.56. The topological polar surface area (TPSA) is 55.8 Å². The van der Waals surface area contributed by atoms with Gasteiger partial charge in [0.1, 0.15) is 0 Å². The monoisotopic (exact) mass is 488 g/mol. The minimum atomic E-state index is -0.609. The molecule has 1 saturated carbocycles. The largest absolute Gasteiger partial charge is 0.469 e. The number of hydrogen-bond donors (Lipinski definition) is 1. The maximum atomic E-state index is 13.1. The van der Waals surface area contributed by atoms with Crippen LogP contribution in [0, 0.1) is 52.8 Å². The number of rotatable bonds is 9. The standard InChI is InChI=1S/C32H40O4/c1-5-7-10-14-24(3)28(33)19-18-26-29-22-32(23-36-29,21-20-25-15-12-9-13-16-25)30(26)27(31(34)35-4)17-11-8-6-2/h6,8-9,12-13,15-16,18-19,24,26-30,33H,5,11,14,17,22-23H2,1-4H3. The quantitative estimate of drug-likeness (QED) is 0.281. The van der Waals surface area contributed by atoms with Gasteiger partial charge in [0.15, 0.2) is 0 Å². The van der Waals surface area contributed by atoms with E-state index in [2.05, 4.69) is 35.8 Å². The number of hydrogen-bond acceptors (Lipinski definition) is 4. The van der Waals surface area contributed by atoms with Crippen molar-refractivity contribution in [2.75, 3.05) is 13.7 Å². The summed E-state index contributed by atoms with van der Waals surface area (Å²) in [4.78, 5) is 13.1. The Kier molecular flexibility index (Phi) is 10.4. The van der Waals surface area contributed by atoms with E-state index in [4.69, 9.17) is 9.47 Å². The van der Waals surface area contributed by atoms with Gasteiger partial charge in [0.05, 0.1) is 37.3 Å².